The van der Waals surface area contributed by atoms with Crippen LogP contribution in [0.25, 0.3) is 11.1 Å². The Morgan fingerprint density at radius 2 is 1.72 bits per heavy atom. The molecule has 1 aliphatic heterocycles. The molecule has 1 saturated heterocycles. The van der Waals surface area contributed by atoms with Gasteiger partial charge in [-0.15, -0.1) is 0 Å². The minimum absolute atomic E-state index is 0.791. The molecule has 3 heterocycles. The Balaban J connectivity index is 1.89. The van der Waals surface area contributed by atoms with Gasteiger partial charge in [-0.1, -0.05) is 0 Å². The topological polar surface area (TPSA) is 38.2 Å². The molecule has 0 spiro atoms. The lowest BCUT2D eigenvalue weighted by atomic mass is 10.1. The van der Waals surface area contributed by atoms with Crippen LogP contribution in [-0.2, 0) is 4.74 Å². The summed E-state index contributed by atoms with van der Waals surface area (Å²) in [6, 6.07) is 6.17. The fourth-order valence-corrected chi connectivity index (χ4v) is 2.12. The summed E-state index contributed by atoms with van der Waals surface area (Å²) in [5.41, 5.74) is 3.43. The Kier molecular flexibility index (Phi) is 3.19. The lowest BCUT2D eigenvalue weighted by molar-refractivity contribution is 0.122. The number of rotatable bonds is 2. The summed E-state index contributed by atoms with van der Waals surface area (Å²) < 4.78 is 5.37. The van der Waals surface area contributed by atoms with Crippen LogP contribution >= 0.6 is 0 Å². The SMILES string of the molecule is c1cc(-c2cncc(N3CCOCC3)c2)ccn1. The van der Waals surface area contributed by atoms with E-state index in [0.717, 1.165) is 43.1 Å². The van der Waals surface area contributed by atoms with Crippen molar-refractivity contribution in [2.75, 3.05) is 31.2 Å². The first kappa shape index (κ1) is 11.2. The predicted octanol–water partition coefficient (Wildman–Crippen LogP) is 1.98. The van der Waals surface area contributed by atoms with Crippen molar-refractivity contribution in [2.24, 2.45) is 0 Å². The predicted molar refractivity (Wildman–Crippen MR) is 70.5 cm³/mol. The number of anilines is 1. The molecule has 0 amide bonds. The summed E-state index contributed by atoms with van der Waals surface area (Å²) in [6.07, 6.45) is 7.41. The highest BCUT2D eigenvalue weighted by Gasteiger charge is 2.12. The molecule has 2 aromatic heterocycles. The Morgan fingerprint density at radius 1 is 0.944 bits per heavy atom. The van der Waals surface area contributed by atoms with E-state index >= 15 is 0 Å². The van der Waals surface area contributed by atoms with Crippen molar-refractivity contribution in [3.8, 4) is 11.1 Å². The van der Waals surface area contributed by atoms with Gasteiger partial charge in [-0.2, -0.15) is 0 Å². The van der Waals surface area contributed by atoms with Crippen LogP contribution in [0.1, 0.15) is 0 Å². The van der Waals surface area contributed by atoms with Gasteiger partial charge < -0.3 is 9.64 Å². The van der Waals surface area contributed by atoms with Crippen LogP contribution in [0, 0.1) is 0 Å². The third kappa shape index (κ3) is 2.33. The van der Waals surface area contributed by atoms with Crippen molar-refractivity contribution in [3.63, 3.8) is 0 Å². The zero-order chi connectivity index (χ0) is 12.2. The van der Waals surface area contributed by atoms with Gasteiger partial charge in [0.1, 0.15) is 0 Å². The molecular formula is C14H15N3O. The molecule has 0 aliphatic carbocycles. The van der Waals surface area contributed by atoms with E-state index in [4.69, 9.17) is 4.74 Å². The van der Waals surface area contributed by atoms with Gasteiger partial charge in [-0.25, -0.2) is 0 Å². The molecule has 4 heteroatoms. The second-order valence-electron chi connectivity index (χ2n) is 4.27. The van der Waals surface area contributed by atoms with Gasteiger partial charge in [0.05, 0.1) is 25.1 Å². The maximum atomic E-state index is 5.37. The van der Waals surface area contributed by atoms with Gasteiger partial charge in [0.15, 0.2) is 0 Å². The molecule has 3 rings (SSSR count). The zero-order valence-corrected chi connectivity index (χ0v) is 10.1. The molecule has 0 unspecified atom stereocenters. The van der Waals surface area contributed by atoms with Gasteiger partial charge in [0, 0.05) is 37.2 Å². The van der Waals surface area contributed by atoms with Crippen LogP contribution in [0.2, 0.25) is 0 Å². The Bertz CT molecular complexity index is 509. The summed E-state index contributed by atoms with van der Waals surface area (Å²) in [6.45, 7) is 3.45. The van der Waals surface area contributed by atoms with E-state index in [2.05, 4.69) is 20.9 Å². The van der Waals surface area contributed by atoms with Crippen LogP contribution in [0.15, 0.2) is 43.0 Å². The van der Waals surface area contributed by atoms with Crippen LogP contribution in [0.3, 0.4) is 0 Å². The van der Waals surface area contributed by atoms with Crippen LogP contribution in [-0.4, -0.2) is 36.3 Å². The molecule has 0 N–H and O–H groups in total. The highest BCUT2D eigenvalue weighted by Crippen LogP contribution is 2.23. The largest absolute Gasteiger partial charge is 0.378 e. The molecule has 0 radical (unpaired) electrons. The second-order valence-corrected chi connectivity index (χ2v) is 4.27. The maximum absolute atomic E-state index is 5.37. The smallest absolute Gasteiger partial charge is 0.0642 e. The monoisotopic (exact) mass is 241 g/mol. The fraction of sp³-hybridized carbons (Fsp3) is 0.286. The van der Waals surface area contributed by atoms with Crippen molar-refractivity contribution in [1.29, 1.82) is 0 Å². The Hall–Kier alpha value is -1.94. The molecule has 0 aromatic carbocycles. The molecule has 1 fully saturated rings. The van der Waals surface area contributed by atoms with Crippen molar-refractivity contribution < 1.29 is 4.74 Å². The molecule has 4 nitrogen and oxygen atoms in total. The number of morpholine rings is 1. The van der Waals surface area contributed by atoms with E-state index < -0.39 is 0 Å². The normalized spacial score (nSPS) is 15.7. The first-order chi connectivity index (χ1) is 8.93. The van der Waals surface area contributed by atoms with Crippen molar-refractivity contribution in [3.05, 3.63) is 43.0 Å². The number of ether oxygens (including phenoxy) is 1. The first-order valence-corrected chi connectivity index (χ1v) is 6.11. The summed E-state index contributed by atoms with van der Waals surface area (Å²) >= 11 is 0. The summed E-state index contributed by atoms with van der Waals surface area (Å²) in [4.78, 5) is 10.7. The van der Waals surface area contributed by atoms with Gasteiger partial charge >= 0.3 is 0 Å². The minimum atomic E-state index is 0.791. The first-order valence-electron chi connectivity index (χ1n) is 6.11. The van der Waals surface area contributed by atoms with E-state index in [1.165, 1.54) is 0 Å². The van der Waals surface area contributed by atoms with Gasteiger partial charge in [-0.3, -0.25) is 9.97 Å². The summed E-state index contributed by atoms with van der Waals surface area (Å²) in [7, 11) is 0. The Morgan fingerprint density at radius 3 is 2.50 bits per heavy atom. The molecule has 0 saturated carbocycles. The van der Waals surface area contributed by atoms with Crippen LogP contribution in [0.4, 0.5) is 5.69 Å². The van der Waals surface area contributed by atoms with E-state index in [1.54, 1.807) is 12.4 Å². The van der Waals surface area contributed by atoms with Crippen molar-refractivity contribution >= 4 is 5.69 Å². The molecule has 0 bridgehead atoms. The highest BCUT2D eigenvalue weighted by atomic mass is 16.5. The second kappa shape index (κ2) is 5.14. The van der Waals surface area contributed by atoms with Gasteiger partial charge in [-0.05, 0) is 23.8 Å². The zero-order valence-electron chi connectivity index (χ0n) is 10.1. The average molecular weight is 241 g/mol. The van der Waals surface area contributed by atoms with E-state index in [0.29, 0.717) is 0 Å². The number of hydrogen-bond donors (Lipinski definition) is 0. The van der Waals surface area contributed by atoms with Crippen LogP contribution < -0.4 is 4.90 Å². The fourth-order valence-electron chi connectivity index (χ4n) is 2.12. The van der Waals surface area contributed by atoms with Gasteiger partial charge in [0.2, 0.25) is 0 Å². The standard InChI is InChI=1S/C14H15N3O/c1-3-15-4-2-12(1)13-9-14(11-16-10-13)17-5-7-18-8-6-17/h1-4,9-11H,5-8H2. The molecule has 92 valence electrons. The van der Waals surface area contributed by atoms with Crippen LogP contribution in [0.5, 0.6) is 0 Å². The van der Waals surface area contributed by atoms with Crippen molar-refractivity contribution in [2.45, 2.75) is 0 Å². The quantitative estimate of drug-likeness (QED) is 0.806. The number of nitrogens with zero attached hydrogens (tertiary/aromatic N) is 3. The number of hydrogen-bond acceptors (Lipinski definition) is 4. The molecular weight excluding hydrogens is 226 g/mol. The van der Waals surface area contributed by atoms with Gasteiger partial charge in [0.25, 0.3) is 0 Å². The maximum Gasteiger partial charge on any atom is 0.0642 e. The van der Waals surface area contributed by atoms with E-state index in [-0.39, 0.29) is 0 Å². The summed E-state index contributed by atoms with van der Waals surface area (Å²) in [5, 5.41) is 0. The lowest BCUT2D eigenvalue weighted by Gasteiger charge is -2.28. The average Bonchev–Trinajstić information content (AvgIpc) is 2.49. The van der Waals surface area contributed by atoms with Crippen molar-refractivity contribution in [1.82, 2.24) is 9.97 Å². The minimum Gasteiger partial charge on any atom is -0.378 e. The molecule has 2 aromatic rings. The summed E-state index contributed by atoms with van der Waals surface area (Å²) in [5.74, 6) is 0. The highest BCUT2D eigenvalue weighted by molar-refractivity contribution is 5.66. The lowest BCUT2D eigenvalue weighted by Crippen LogP contribution is -2.36. The third-order valence-electron chi connectivity index (χ3n) is 3.11. The third-order valence-corrected chi connectivity index (χ3v) is 3.11. The number of aromatic nitrogens is 2. The molecule has 1 aliphatic rings. The number of pyridine rings is 2. The molecule has 18 heavy (non-hydrogen) atoms. The van der Waals surface area contributed by atoms with E-state index in [9.17, 15) is 0 Å². The Labute approximate surface area is 106 Å². The molecule has 0 atom stereocenters. The van der Waals surface area contributed by atoms with E-state index in [1.807, 2.05) is 24.5 Å².